The van der Waals surface area contributed by atoms with E-state index < -0.39 is 0 Å². The molecule has 0 bridgehead atoms. The zero-order chi connectivity index (χ0) is 9.97. The zero-order valence-electron chi connectivity index (χ0n) is 7.62. The topological polar surface area (TPSA) is 38.1 Å². The van der Waals surface area contributed by atoms with Gasteiger partial charge in [-0.1, -0.05) is 0 Å². The molecule has 1 aromatic carbocycles. The Hall–Kier alpha value is -1.84. The predicted octanol–water partition coefficient (Wildman–Crippen LogP) is 2.52. The molecule has 4 heteroatoms. The number of aromatic nitrogens is 1. The molecule has 0 spiro atoms. The second-order valence-corrected chi connectivity index (χ2v) is 2.81. The van der Waals surface area contributed by atoms with E-state index in [1.807, 2.05) is 0 Å². The van der Waals surface area contributed by atoms with Gasteiger partial charge in [0.1, 0.15) is 5.82 Å². The molecule has 0 unspecified atom stereocenters. The number of anilines is 1. The quantitative estimate of drug-likeness (QED) is 0.794. The van der Waals surface area contributed by atoms with E-state index in [2.05, 4.69) is 10.3 Å². The van der Waals surface area contributed by atoms with E-state index in [0.717, 1.165) is 5.69 Å². The molecule has 0 amide bonds. The van der Waals surface area contributed by atoms with Crippen LogP contribution in [-0.4, -0.2) is 12.0 Å². The monoisotopic (exact) mass is 192 g/mol. The summed E-state index contributed by atoms with van der Waals surface area (Å²) in [7, 11) is 1.78. The molecule has 0 aliphatic heterocycles. The van der Waals surface area contributed by atoms with Crippen LogP contribution in [0.15, 0.2) is 35.2 Å². The molecule has 72 valence electrons. The van der Waals surface area contributed by atoms with Gasteiger partial charge in [0.15, 0.2) is 12.2 Å². The first-order chi connectivity index (χ1) is 6.81. The van der Waals surface area contributed by atoms with E-state index in [9.17, 15) is 4.39 Å². The van der Waals surface area contributed by atoms with E-state index in [4.69, 9.17) is 4.42 Å². The molecule has 1 N–H and O–H groups in total. The highest BCUT2D eigenvalue weighted by atomic mass is 19.1. The largest absolute Gasteiger partial charge is 0.443 e. The summed E-state index contributed by atoms with van der Waals surface area (Å²) in [6.07, 6.45) is 2.76. The Bertz CT molecular complexity index is 426. The van der Waals surface area contributed by atoms with Crippen molar-refractivity contribution < 1.29 is 8.81 Å². The Morgan fingerprint density at radius 2 is 2.29 bits per heavy atom. The van der Waals surface area contributed by atoms with Gasteiger partial charge in [-0.05, 0) is 18.2 Å². The molecule has 0 saturated carbocycles. The molecule has 14 heavy (non-hydrogen) atoms. The first kappa shape index (κ1) is 8.74. The molecule has 0 aliphatic carbocycles. The molecule has 0 atom stereocenters. The Labute approximate surface area is 80.6 Å². The Morgan fingerprint density at radius 3 is 2.93 bits per heavy atom. The lowest BCUT2D eigenvalue weighted by Gasteiger charge is -2.03. The average Bonchev–Trinajstić information content (AvgIpc) is 2.71. The molecule has 1 heterocycles. The molecular weight excluding hydrogens is 183 g/mol. The zero-order valence-corrected chi connectivity index (χ0v) is 7.62. The summed E-state index contributed by atoms with van der Waals surface area (Å²) in [5.41, 5.74) is 1.24. The Kier molecular flexibility index (Phi) is 2.18. The van der Waals surface area contributed by atoms with E-state index in [1.54, 1.807) is 19.2 Å². The maximum Gasteiger partial charge on any atom is 0.181 e. The fourth-order valence-electron chi connectivity index (χ4n) is 1.22. The SMILES string of the molecule is CNc1ccc(F)c(-c2cnco2)c1. The van der Waals surface area contributed by atoms with Gasteiger partial charge in [-0.25, -0.2) is 9.37 Å². The molecule has 2 aromatic rings. The summed E-state index contributed by atoms with van der Waals surface area (Å²) >= 11 is 0. The highest BCUT2D eigenvalue weighted by molar-refractivity contribution is 5.63. The van der Waals surface area contributed by atoms with E-state index in [1.165, 1.54) is 18.7 Å². The van der Waals surface area contributed by atoms with E-state index >= 15 is 0 Å². The summed E-state index contributed by atoms with van der Waals surface area (Å²) < 4.78 is 18.4. The highest BCUT2D eigenvalue weighted by Crippen LogP contribution is 2.25. The first-order valence-electron chi connectivity index (χ1n) is 4.17. The summed E-state index contributed by atoms with van der Waals surface area (Å²) in [5, 5.41) is 2.93. The molecular formula is C10H9FN2O. The minimum Gasteiger partial charge on any atom is -0.443 e. The van der Waals surface area contributed by atoms with Crippen LogP contribution in [0.5, 0.6) is 0 Å². The van der Waals surface area contributed by atoms with Gasteiger partial charge < -0.3 is 9.73 Å². The maximum atomic E-state index is 13.4. The van der Waals surface area contributed by atoms with Crippen LogP contribution in [-0.2, 0) is 0 Å². The number of hydrogen-bond acceptors (Lipinski definition) is 3. The van der Waals surface area contributed by atoms with Crippen LogP contribution in [0.4, 0.5) is 10.1 Å². The third-order valence-corrected chi connectivity index (χ3v) is 1.95. The first-order valence-corrected chi connectivity index (χ1v) is 4.17. The number of halogens is 1. The van der Waals surface area contributed by atoms with Crippen molar-refractivity contribution in [2.45, 2.75) is 0 Å². The third kappa shape index (κ3) is 1.46. The van der Waals surface area contributed by atoms with Crippen molar-refractivity contribution in [1.29, 1.82) is 0 Å². The average molecular weight is 192 g/mol. The van der Waals surface area contributed by atoms with Gasteiger partial charge in [0, 0.05) is 12.7 Å². The molecule has 0 saturated heterocycles. The van der Waals surface area contributed by atoms with Crippen molar-refractivity contribution in [3.8, 4) is 11.3 Å². The minimum atomic E-state index is -0.319. The molecule has 0 aliphatic rings. The van der Waals surface area contributed by atoms with Crippen LogP contribution < -0.4 is 5.32 Å². The van der Waals surface area contributed by atoms with Gasteiger partial charge in [0.05, 0.1) is 11.8 Å². The standard InChI is InChI=1S/C10H9FN2O/c1-12-7-2-3-9(11)8(4-7)10-5-13-6-14-10/h2-6,12H,1H3. The van der Waals surface area contributed by atoms with Crippen molar-refractivity contribution in [2.75, 3.05) is 12.4 Å². The second kappa shape index (κ2) is 3.49. The molecule has 0 radical (unpaired) electrons. The smallest absolute Gasteiger partial charge is 0.181 e. The Morgan fingerprint density at radius 1 is 1.43 bits per heavy atom. The van der Waals surface area contributed by atoms with Gasteiger partial charge in [0.2, 0.25) is 0 Å². The van der Waals surface area contributed by atoms with E-state index in [0.29, 0.717) is 11.3 Å². The lowest BCUT2D eigenvalue weighted by Crippen LogP contribution is -1.90. The fourth-order valence-corrected chi connectivity index (χ4v) is 1.22. The highest BCUT2D eigenvalue weighted by Gasteiger charge is 2.08. The molecule has 2 rings (SSSR count). The van der Waals surface area contributed by atoms with Crippen molar-refractivity contribution in [2.24, 2.45) is 0 Å². The van der Waals surface area contributed by atoms with Gasteiger partial charge in [0.25, 0.3) is 0 Å². The lowest BCUT2D eigenvalue weighted by atomic mass is 10.1. The van der Waals surface area contributed by atoms with E-state index in [-0.39, 0.29) is 5.82 Å². The minimum absolute atomic E-state index is 0.319. The summed E-state index contributed by atoms with van der Waals surface area (Å²) in [4.78, 5) is 3.74. The van der Waals surface area contributed by atoms with Gasteiger partial charge in [-0.15, -0.1) is 0 Å². The van der Waals surface area contributed by atoms with Crippen molar-refractivity contribution in [1.82, 2.24) is 4.98 Å². The second-order valence-electron chi connectivity index (χ2n) is 2.81. The van der Waals surface area contributed by atoms with Gasteiger partial charge in [-0.3, -0.25) is 0 Å². The number of nitrogens with one attached hydrogen (secondary N) is 1. The van der Waals surface area contributed by atoms with Crippen molar-refractivity contribution in [3.63, 3.8) is 0 Å². The van der Waals surface area contributed by atoms with Crippen molar-refractivity contribution in [3.05, 3.63) is 36.6 Å². The number of hydrogen-bond donors (Lipinski definition) is 1. The van der Waals surface area contributed by atoms with Gasteiger partial charge >= 0.3 is 0 Å². The van der Waals surface area contributed by atoms with Crippen molar-refractivity contribution >= 4 is 5.69 Å². The number of benzene rings is 1. The van der Waals surface area contributed by atoms with Crippen LogP contribution in [0, 0.1) is 5.82 Å². The van der Waals surface area contributed by atoms with Crippen LogP contribution in [0.2, 0.25) is 0 Å². The van der Waals surface area contributed by atoms with Crippen LogP contribution in [0.25, 0.3) is 11.3 Å². The van der Waals surface area contributed by atoms with Gasteiger partial charge in [-0.2, -0.15) is 0 Å². The van der Waals surface area contributed by atoms with Crippen LogP contribution in [0.1, 0.15) is 0 Å². The fraction of sp³-hybridized carbons (Fsp3) is 0.100. The van der Waals surface area contributed by atoms with Crippen LogP contribution >= 0.6 is 0 Å². The lowest BCUT2D eigenvalue weighted by molar-refractivity contribution is 0.561. The molecule has 0 fully saturated rings. The number of oxazole rings is 1. The number of rotatable bonds is 2. The van der Waals surface area contributed by atoms with Crippen LogP contribution in [0.3, 0.4) is 0 Å². The molecule has 1 aromatic heterocycles. The predicted molar refractivity (Wildman–Crippen MR) is 51.4 cm³/mol. The normalized spacial score (nSPS) is 10.1. The summed E-state index contributed by atoms with van der Waals surface area (Å²) in [5.74, 6) is 0.111. The maximum absolute atomic E-state index is 13.4. The Balaban J connectivity index is 2.51. The third-order valence-electron chi connectivity index (χ3n) is 1.95. The summed E-state index contributed by atoms with van der Waals surface area (Å²) in [6, 6.07) is 4.73. The molecule has 3 nitrogen and oxygen atoms in total. The number of nitrogens with zero attached hydrogens (tertiary/aromatic N) is 1. The summed E-state index contributed by atoms with van der Waals surface area (Å²) in [6.45, 7) is 0.